The van der Waals surface area contributed by atoms with Gasteiger partial charge in [-0.25, -0.2) is 0 Å². The Labute approximate surface area is 148 Å². The SMILES string of the molecule is C=CC.C=CC.C=CC.C=CC.O=S(=O)(O)Cl.c1ccccc1. The molecule has 0 bridgehead atoms. The van der Waals surface area contributed by atoms with E-state index in [9.17, 15) is 0 Å². The monoisotopic (exact) mass is 362 g/mol. The zero-order valence-corrected chi connectivity index (χ0v) is 16.2. The number of hydrogen-bond acceptors (Lipinski definition) is 2. The van der Waals surface area contributed by atoms with Crippen LogP contribution < -0.4 is 0 Å². The van der Waals surface area contributed by atoms with Crippen molar-refractivity contribution in [1.82, 2.24) is 0 Å². The van der Waals surface area contributed by atoms with Gasteiger partial charge in [-0.15, -0.1) is 26.3 Å². The summed E-state index contributed by atoms with van der Waals surface area (Å²) in [5.41, 5.74) is 0. The van der Waals surface area contributed by atoms with E-state index in [2.05, 4.69) is 37.0 Å². The highest BCUT2D eigenvalue weighted by Crippen LogP contribution is 1.82. The third-order valence-electron chi connectivity index (χ3n) is 0.667. The van der Waals surface area contributed by atoms with Gasteiger partial charge in [-0.05, 0) is 27.7 Å². The molecule has 1 aromatic carbocycles. The molecule has 0 amide bonds. The van der Waals surface area contributed by atoms with Crippen molar-refractivity contribution in [2.45, 2.75) is 27.7 Å². The molecule has 0 aromatic heterocycles. The van der Waals surface area contributed by atoms with E-state index in [0.717, 1.165) is 0 Å². The molecule has 1 rings (SSSR count). The van der Waals surface area contributed by atoms with E-state index in [4.69, 9.17) is 13.0 Å². The summed E-state index contributed by atoms with van der Waals surface area (Å²) in [6.45, 7) is 21.0. The molecule has 0 saturated carbocycles. The summed E-state index contributed by atoms with van der Waals surface area (Å²) >= 11 is 0. The smallest absolute Gasteiger partial charge is 0.273 e. The van der Waals surface area contributed by atoms with Gasteiger partial charge in [0, 0.05) is 10.7 Å². The first kappa shape index (κ1) is 33.1. The summed E-state index contributed by atoms with van der Waals surface area (Å²) in [5.74, 6) is 0. The maximum absolute atomic E-state index is 8.95. The standard InChI is InChI=1S/C6H6.4C3H6.ClHO3S/c1-2-4-6-5-3-1;4*1-3-2;1-5(2,3)4/h1-6H;4*3H,1H2,2H3;(H,2,3,4). The molecule has 0 aliphatic rings. The van der Waals surface area contributed by atoms with Gasteiger partial charge in [0.2, 0.25) is 0 Å². The van der Waals surface area contributed by atoms with Crippen molar-refractivity contribution in [2.24, 2.45) is 0 Å². The molecular formula is C18H31ClO3S. The first-order valence-electron chi connectivity index (χ1n) is 6.61. The van der Waals surface area contributed by atoms with E-state index in [-0.39, 0.29) is 0 Å². The molecule has 0 heterocycles. The molecule has 0 unspecified atom stereocenters. The fraction of sp³-hybridized carbons (Fsp3) is 0.222. The second-order valence-electron chi connectivity index (χ2n) is 3.20. The Morgan fingerprint density at radius 1 is 0.696 bits per heavy atom. The van der Waals surface area contributed by atoms with Crippen molar-refractivity contribution >= 4 is 20.0 Å². The number of hydrogen-bond donors (Lipinski definition) is 1. The molecule has 0 spiro atoms. The summed E-state index contributed by atoms with van der Waals surface area (Å²) < 4.78 is 25.2. The maximum atomic E-state index is 8.95. The predicted octanol–water partition coefficient (Wildman–Crippen LogP) is 6.48. The first-order valence-corrected chi connectivity index (χ1v) is 8.88. The van der Waals surface area contributed by atoms with Gasteiger partial charge in [0.15, 0.2) is 0 Å². The van der Waals surface area contributed by atoms with Crippen LogP contribution in [-0.2, 0) is 9.33 Å². The Hall–Kier alpha value is -1.62. The van der Waals surface area contributed by atoms with Crippen LogP contribution >= 0.6 is 10.7 Å². The molecule has 0 aliphatic heterocycles. The minimum absolute atomic E-state index is 1.75. The highest BCUT2D eigenvalue weighted by atomic mass is 35.7. The molecule has 0 aliphatic carbocycles. The van der Waals surface area contributed by atoms with E-state index >= 15 is 0 Å². The number of halogens is 1. The lowest BCUT2D eigenvalue weighted by atomic mass is 10.4. The minimum atomic E-state index is -4.19. The highest BCUT2D eigenvalue weighted by molar-refractivity contribution is 8.09. The Morgan fingerprint density at radius 3 is 0.783 bits per heavy atom. The zero-order chi connectivity index (χ0) is 19.6. The Morgan fingerprint density at radius 2 is 0.739 bits per heavy atom. The average Bonchev–Trinajstić information content (AvgIpc) is 2.42. The van der Waals surface area contributed by atoms with Crippen LogP contribution in [0.3, 0.4) is 0 Å². The second-order valence-corrected chi connectivity index (χ2v) is 5.19. The van der Waals surface area contributed by atoms with Crippen molar-refractivity contribution in [3.05, 3.63) is 87.0 Å². The van der Waals surface area contributed by atoms with Gasteiger partial charge < -0.3 is 0 Å². The summed E-state index contributed by atoms with van der Waals surface area (Å²) in [5, 5.41) is 0. The molecule has 134 valence electrons. The Kier molecular flexibility index (Phi) is 53.3. The Bertz CT molecular complexity index is 368. The van der Waals surface area contributed by atoms with Crippen LogP contribution in [0.25, 0.3) is 0 Å². The largest absolute Gasteiger partial charge is 0.353 e. The molecule has 0 radical (unpaired) electrons. The minimum Gasteiger partial charge on any atom is -0.273 e. The van der Waals surface area contributed by atoms with Crippen molar-refractivity contribution in [1.29, 1.82) is 0 Å². The van der Waals surface area contributed by atoms with Gasteiger partial charge in [-0.1, -0.05) is 60.7 Å². The van der Waals surface area contributed by atoms with E-state index < -0.39 is 9.33 Å². The van der Waals surface area contributed by atoms with Crippen LogP contribution in [0, 0.1) is 0 Å². The molecule has 23 heavy (non-hydrogen) atoms. The molecule has 5 heteroatoms. The summed E-state index contributed by atoms with van der Waals surface area (Å²) in [6.07, 6.45) is 7.00. The Balaban J connectivity index is -0.0000000585. The molecule has 0 atom stereocenters. The first-order chi connectivity index (χ1) is 10.7. The highest BCUT2D eigenvalue weighted by Gasteiger charge is 1.86. The van der Waals surface area contributed by atoms with E-state index in [1.165, 1.54) is 0 Å². The summed E-state index contributed by atoms with van der Waals surface area (Å²) in [7, 11) is -0.137. The number of rotatable bonds is 0. The third kappa shape index (κ3) is 359. The molecule has 3 nitrogen and oxygen atoms in total. The van der Waals surface area contributed by atoms with Crippen LogP contribution in [-0.4, -0.2) is 13.0 Å². The molecular weight excluding hydrogens is 332 g/mol. The van der Waals surface area contributed by atoms with Crippen LogP contribution in [0.15, 0.2) is 87.0 Å². The molecule has 1 aromatic rings. The predicted molar refractivity (Wildman–Crippen MR) is 107 cm³/mol. The normalized spacial score (nSPS) is 6.87. The van der Waals surface area contributed by atoms with Crippen molar-refractivity contribution < 1.29 is 13.0 Å². The quantitative estimate of drug-likeness (QED) is 0.326. The number of allylic oxidation sites excluding steroid dienone is 4. The third-order valence-corrected chi connectivity index (χ3v) is 0.667. The van der Waals surface area contributed by atoms with E-state index in [1.807, 2.05) is 64.1 Å². The van der Waals surface area contributed by atoms with Crippen LogP contribution in [0.1, 0.15) is 27.7 Å². The topological polar surface area (TPSA) is 54.4 Å². The van der Waals surface area contributed by atoms with Crippen molar-refractivity contribution in [3.63, 3.8) is 0 Å². The average molecular weight is 363 g/mol. The van der Waals surface area contributed by atoms with Crippen molar-refractivity contribution in [2.75, 3.05) is 0 Å². The maximum Gasteiger partial charge on any atom is 0.353 e. The lowest BCUT2D eigenvalue weighted by Gasteiger charge is -1.69. The van der Waals surface area contributed by atoms with E-state index in [0.29, 0.717) is 0 Å². The van der Waals surface area contributed by atoms with Crippen molar-refractivity contribution in [3.8, 4) is 0 Å². The fourth-order valence-electron chi connectivity index (χ4n) is 0.385. The number of benzene rings is 1. The lowest BCUT2D eigenvalue weighted by Crippen LogP contribution is -1.77. The molecule has 1 N–H and O–H groups in total. The van der Waals surface area contributed by atoms with Gasteiger partial charge in [-0.2, -0.15) is 8.42 Å². The van der Waals surface area contributed by atoms with E-state index in [1.54, 1.807) is 24.3 Å². The van der Waals surface area contributed by atoms with Crippen LogP contribution in [0.4, 0.5) is 0 Å². The lowest BCUT2D eigenvalue weighted by molar-refractivity contribution is 0.501. The fourth-order valence-corrected chi connectivity index (χ4v) is 0.385. The van der Waals surface area contributed by atoms with Crippen LogP contribution in [0.2, 0.25) is 0 Å². The summed E-state index contributed by atoms with van der Waals surface area (Å²) in [6, 6.07) is 12.0. The van der Waals surface area contributed by atoms with Gasteiger partial charge in [0.05, 0.1) is 0 Å². The van der Waals surface area contributed by atoms with Gasteiger partial charge in [-0.3, -0.25) is 4.55 Å². The molecule has 0 saturated heterocycles. The van der Waals surface area contributed by atoms with Gasteiger partial charge in [0.1, 0.15) is 0 Å². The van der Waals surface area contributed by atoms with Crippen LogP contribution in [0.5, 0.6) is 0 Å². The summed E-state index contributed by atoms with van der Waals surface area (Å²) in [4.78, 5) is 0. The molecule has 0 fully saturated rings. The van der Waals surface area contributed by atoms with Gasteiger partial charge in [0.25, 0.3) is 0 Å². The van der Waals surface area contributed by atoms with Gasteiger partial charge >= 0.3 is 9.33 Å². The second kappa shape index (κ2) is 37.0. The zero-order valence-electron chi connectivity index (χ0n) is 14.7.